The molecule has 2 atom stereocenters. The molecule has 8 heteroatoms. The van der Waals surface area contributed by atoms with Crippen LogP contribution in [0, 0.1) is 0 Å². The molecule has 0 spiro atoms. The molecule has 1 aliphatic heterocycles. The van der Waals surface area contributed by atoms with Crippen LogP contribution in [0.3, 0.4) is 0 Å². The van der Waals surface area contributed by atoms with Crippen LogP contribution >= 0.6 is 0 Å². The molecule has 0 unspecified atom stereocenters. The van der Waals surface area contributed by atoms with E-state index in [1.54, 1.807) is 17.1 Å². The third-order valence-corrected chi connectivity index (χ3v) is 3.73. The molecule has 1 fully saturated rings. The van der Waals surface area contributed by atoms with Gasteiger partial charge >= 0.3 is 0 Å². The molecule has 2 aromatic rings. The molecule has 0 amide bonds. The van der Waals surface area contributed by atoms with Gasteiger partial charge in [-0.05, 0) is 18.2 Å². The van der Waals surface area contributed by atoms with Gasteiger partial charge in [-0.25, -0.2) is 0 Å². The van der Waals surface area contributed by atoms with E-state index in [0.29, 0.717) is 26.2 Å². The number of aromatic nitrogens is 4. The molecule has 8 nitrogen and oxygen atoms in total. The lowest BCUT2D eigenvalue weighted by Crippen LogP contribution is -2.48. The van der Waals surface area contributed by atoms with Crippen molar-refractivity contribution in [1.29, 1.82) is 0 Å². The number of hydrogen-bond donors (Lipinski definition) is 2. The van der Waals surface area contributed by atoms with Crippen LogP contribution < -0.4 is 5.32 Å². The Hall–Kier alpha value is -2.03. The minimum absolute atomic E-state index is 0.0719. The molecular formula is C15H22N6O2. The van der Waals surface area contributed by atoms with Gasteiger partial charge in [-0.3, -0.25) is 9.58 Å². The molecule has 3 heterocycles. The molecule has 0 aliphatic carbocycles. The second kappa shape index (κ2) is 8.00. The predicted octanol–water partition coefficient (Wildman–Crippen LogP) is -0.153. The Morgan fingerprint density at radius 1 is 1.35 bits per heavy atom. The quantitative estimate of drug-likeness (QED) is 0.734. The van der Waals surface area contributed by atoms with E-state index >= 15 is 0 Å². The number of aliphatic hydroxyl groups is 1. The maximum Gasteiger partial charge on any atom is 0.148 e. The van der Waals surface area contributed by atoms with E-state index in [4.69, 9.17) is 4.74 Å². The normalized spacial score (nSPS) is 20.3. The van der Waals surface area contributed by atoms with Gasteiger partial charge in [0.25, 0.3) is 0 Å². The molecule has 2 N–H and O–H groups in total. The van der Waals surface area contributed by atoms with Crippen molar-refractivity contribution in [3.05, 3.63) is 36.8 Å². The van der Waals surface area contributed by atoms with Gasteiger partial charge in [-0.2, -0.15) is 10.2 Å². The summed E-state index contributed by atoms with van der Waals surface area (Å²) in [4.78, 5) is 2.22. The van der Waals surface area contributed by atoms with Crippen molar-refractivity contribution in [3.63, 3.8) is 0 Å². The Morgan fingerprint density at radius 3 is 3.09 bits per heavy atom. The van der Waals surface area contributed by atoms with Gasteiger partial charge in [0.05, 0.1) is 25.4 Å². The fraction of sp³-hybridized carbons (Fsp3) is 0.533. The van der Waals surface area contributed by atoms with Crippen LogP contribution in [-0.2, 0) is 11.3 Å². The Labute approximate surface area is 135 Å². The second-order valence-corrected chi connectivity index (χ2v) is 5.62. The monoisotopic (exact) mass is 318 g/mol. The number of ether oxygens (including phenoxy) is 1. The van der Waals surface area contributed by atoms with Crippen LogP contribution in [0.25, 0.3) is 0 Å². The number of nitrogens with one attached hydrogen (secondary N) is 1. The summed E-state index contributed by atoms with van der Waals surface area (Å²) in [5, 5.41) is 25.4. The third kappa shape index (κ3) is 4.98. The zero-order valence-corrected chi connectivity index (χ0v) is 13.0. The lowest BCUT2D eigenvalue weighted by molar-refractivity contribution is -0.0358. The minimum Gasteiger partial charge on any atom is -0.390 e. The summed E-state index contributed by atoms with van der Waals surface area (Å²) in [6, 6.07) is 5.58. The fourth-order valence-corrected chi connectivity index (χ4v) is 2.66. The van der Waals surface area contributed by atoms with E-state index in [2.05, 4.69) is 25.5 Å². The molecule has 0 bridgehead atoms. The maximum absolute atomic E-state index is 10.2. The lowest BCUT2D eigenvalue weighted by Gasteiger charge is -2.34. The Bertz CT molecular complexity index is 565. The summed E-state index contributed by atoms with van der Waals surface area (Å²) in [7, 11) is 0. The number of rotatable bonds is 7. The molecule has 0 saturated carbocycles. The van der Waals surface area contributed by atoms with E-state index in [-0.39, 0.29) is 6.10 Å². The average molecular weight is 318 g/mol. The smallest absolute Gasteiger partial charge is 0.148 e. The minimum atomic E-state index is -0.443. The van der Waals surface area contributed by atoms with Crippen LogP contribution in [0.1, 0.15) is 0 Å². The molecule has 2 aromatic heterocycles. The number of nitrogens with zero attached hydrogens (tertiary/aromatic N) is 5. The summed E-state index contributed by atoms with van der Waals surface area (Å²) < 4.78 is 7.51. The Kier molecular flexibility index (Phi) is 5.51. The zero-order valence-electron chi connectivity index (χ0n) is 13.0. The van der Waals surface area contributed by atoms with Gasteiger partial charge < -0.3 is 15.2 Å². The molecular weight excluding hydrogens is 296 g/mol. The highest BCUT2D eigenvalue weighted by Crippen LogP contribution is 2.08. The number of hydrogen-bond acceptors (Lipinski definition) is 7. The van der Waals surface area contributed by atoms with Crippen molar-refractivity contribution in [2.24, 2.45) is 0 Å². The zero-order chi connectivity index (χ0) is 15.9. The third-order valence-electron chi connectivity index (χ3n) is 3.73. The average Bonchev–Trinajstić information content (AvgIpc) is 3.07. The highest BCUT2D eigenvalue weighted by atomic mass is 16.5. The standard InChI is InChI=1S/C15H22N6O2/c22-13(11-21-6-2-5-18-21)10-20-7-8-23-14(12-20)9-16-15-3-1-4-17-19-15/h1-6,13-14,22H,7-12H2,(H,16,19)/t13-,14+/m0/s1. The number of morpholine rings is 1. The molecule has 1 aliphatic rings. The highest BCUT2D eigenvalue weighted by molar-refractivity contribution is 5.31. The first-order valence-electron chi connectivity index (χ1n) is 7.80. The first-order chi connectivity index (χ1) is 11.3. The van der Waals surface area contributed by atoms with Gasteiger partial charge in [-0.15, -0.1) is 5.10 Å². The van der Waals surface area contributed by atoms with Crippen molar-refractivity contribution < 1.29 is 9.84 Å². The number of β-amino-alcohol motifs (C(OH)–C–C–N with tert-alkyl or cyclic N) is 1. The molecule has 23 heavy (non-hydrogen) atoms. The SMILES string of the molecule is O[C@@H](CN1CCO[C@H](CNc2cccnn2)C1)Cn1cccn1. The first kappa shape index (κ1) is 15.9. The summed E-state index contributed by atoms with van der Waals surface area (Å²) in [6.07, 6.45) is 4.85. The van der Waals surface area contributed by atoms with Crippen LogP contribution in [0.2, 0.25) is 0 Å². The van der Waals surface area contributed by atoms with Crippen LogP contribution in [0.5, 0.6) is 0 Å². The van der Waals surface area contributed by atoms with E-state index in [0.717, 1.165) is 18.9 Å². The maximum atomic E-state index is 10.2. The molecule has 3 rings (SSSR count). The molecule has 0 aromatic carbocycles. The van der Waals surface area contributed by atoms with Crippen molar-refractivity contribution >= 4 is 5.82 Å². The van der Waals surface area contributed by atoms with E-state index in [9.17, 15) is 5.11 Å². The summed E-state index contributed by atoms with van der Waals surface area (Å²) in [6.45, 7) is 4.07. The molecule has 124 valence electrons. The Balaban J connectivity index is 1.42. The summed E-state index contributed by atoms with van der Waals surface area (Å²) in [5.74, 6) is 0.743. The highest BCUT2D eigenvalue weighted by Gasteiger charge is 2.22. The van der Waals surface area contributed by atoms with Crippen molar-refractivity contribution in [3.8, 4) is 0 Å². The fourth-order valence-electron chi connectivity index (χ4n) is 2.66. The van der Waals surface area contributed by atoms with Gasteiger partial charge in [0.15, 0.2) is 0 Å². The van der Waals surface area contributed by atoms with Crippen molar-refractivity contribution in [2.45, 2.75) is 18.8 Å². The van der Waals surface area contributed by atoms with E-state index < -0.39 is 6.10 Å². The molecule has 1 saturated heterocycles. The lowest BCUT2D eigenvalue weighted by atomic mass is 10.2. The van der Waals surface area contributed by atoms with Gasteiger partial charge in [0.2, 0.25) is 0 Å². The van der Waals surface area contributed by atoms with E-state index in [1.807, 2.05) is 24.4 Å². The van der Waals surface area contributed by atoms with Crippen LogP contribution in [-0.4, -0.2) is 75.0 Å². The first-order valence-corrected chi connectivity index (χ1v) is 7.80. The Morgan fingerprint density at radius 2 is 2.30 bits per heavy atom. The van der Waals surface area contributed by atoms with Crippen molar-refractivity contribution in [1.82, 2.24) is 24.9 Å². The van der Waals surface area contributed by atoms with Gasteiger partial charge in [0, 0.05) is 44.8 Å². The number of aliphatic hydroxyl groups excluding tert-OH is 1. The van der Waals surface area contributed by atoms with Crippen LogP contribution in [0.4, 0.5) is 5.82 Å². The van der Waals surface area contributed by atoms with Gasteiger partial charge in [0.1, 0.15) is 5.82 Å². The molecule has 0 radical (unpaired) electrons. The van der Waals surface area contributed by atoms with E-state index in [1.165, 1.54) is 0 Å². The summed E-state index contributed by atoms with van der Waals surface area (Å²) >= 11 is 0. The van der Waals surface area contributed by atoms with Gasteiger partial charge in [-0.1, -0.05) is 0 Å². The summed E-state index contributed by atoms with van der Waals surface area (Å²) in [5.41, 5.74) is 0. The predicted molar refractivity (Wildman–Crippen MR) is 84.9 cm³/mol. The largest absolute Gasteiger partial charge is 0.390 e. The van der Waals surface area contributed by atoms with Crippen LogP contribution in [0.15, 0.2) is 36.8 Å². The number of anilines is 1. The van der Waals surface area contributed by atoms with Crippen molar-refractivity contribution in [2.75, 3.05) is 38.1 Å². The second-order valence-electron chi connectivity index (χ2n) is 5.62. The topological polar surface area (TPSA) is 88.3 Å².